The highest BCUT2D eigenvalue weighted by molar-refractivity contribution is 7.14. The van der Waals surface area contributed by atoms with Crippen molar-refractivity contribution in [1.82, 2.24) is 9.97 Å². The van der Waals surface area contributed by atoms with Gasteiger partial charge in [0, 0.05) is 16.3 Å². The lowest BCUT2D eigenvalue weighted by Gasteiger charge is -1.99. The number of hydrogen-bond donors (Lipinski definition) is 1. The third-order valence-corrected chi connectivity index (χ3v) is 3.95. The van der Waals surface area contributed by atoms with E-state index in [1.807, 2.05) is 0 Å². The first kappa shape index (κ1) is 13.8. The Kier molecular flexibility index (Phi) is 3.72. The molecule has 0 bridgehead atoms. The van der Waals surface area contributed by atoms with Gasteiger partial charge in [-0.3, -0.25) is 10.1 Å². The number of nitrogens with zero attached hydrogens (tertiary/aromatic N) is 2. The first-order valence-corrected chi connectivity index (χ1v) is 7.56. The van der Waals surface area contributed by atoms with E-state index in [4.69, 9.17) is 0 Å². The Morgan fingerprint density at radius 2 is 2.05 bits per heavy atom. The van der Waals surface area contributed by atoms with Crippen LogP contribution >= 0.6 is 22.7 Å². The smallest absolute Gasteiger partial charge is 0.276 e. The van der Waals surface area contributed by atoms with Crippen LogP contribution in [0.1, 0.15) is 10.5 Å². The van der Waals surface area contributed by atoms with Gasteiger partial charge in [0.1, 0.15) is 5.69 Å². The minimum absolute atomic E-state index is 0.310. The van der Waals surface area contributed by atoms with Crippen molar-refractivity contribution in [3.8, 4) is 11.3 Å². The van der Waals surface area contributed by atoms with Crippen molar-refractivity contribution in [1.29, 1.82) is 0 Å². The van der Waals surface area contributed by atoms with Gasteiger partial charge in [0.25, 0.3) is 5.91 Å². The molecule has 0 aliphatic carbocycles. The molecule has 1 amide bonds. The molecule has 3 rings (SSSR count). The van der Waals surface area contributed by atoms with Gasteiger partial charge >= 0.3 is 0 Å². The Balaban J connectivity index is 1.80. The summed E-state index contributed by atoms with van der Waals surface area (Å²) in [5, 5.41) is 6.25. The molecule has 0 saturated carbocycles. The van der Waals surface area contributed by atoms with E-state index >= 15 is 0 Å². The number of benzene rings is 1. The maximum absolute atomic E-state index is 13.2. The third kappa shape index (κ3) is 2.96. The minimum Gasteiger partial charge on any atom is -0.296 e. The summed E-state index contributed by atoms with van der Waals surface area (Å²) in [6.07, 6.45) is 0. The molecule has 0 aliphatic heterocycles. The molecule has 106 valence electrons. The summed E-state index contributed by atoms with van der Waals surface area (Å²) >= 11 is 2.51. The summed E-state index contributed by atoms with van der Waals surface area (Å²) < 4.78 is 26.1. The number of anilines is 1. The third-order valence-electron chi connectivity index (χ3n) is 2.60. The van der Waals surface area contributed by atoms with Crippen LogP contribution in [-0.2, 0) is 0 Å². The monoisotopic (exact) mass is 323 g/mol. The molecule has 0 aliphatic rings. The molecule has 2 aromatic heterocycles. The molecule has 21 heavy (non-hydrogen) atoms. The van der Waals surface area contributed by atoms with Crippen molar-refractivity contribution < 1.29 is 13.6 Å². The number of carbonyl (C=O) groups excluding carboxylic acids is 1. The van der Waals surface area contributed by atoms with Gasteiger partial charge in [-0.2, -0.15) is 0 Å². The molecule has 0 fully saturated rings. The summed E-state index contributed by atoms with van der Waals surface area (Å²) in [7, 11) is 0. The van der Waals surface area contributed by atoms with Crippen LogP contribution in [0.25, 0.3) is 11.3 Å². The van der Waals surface area contributed by atoms with Crippen LogP contribution in [0.2, 0.25) is 0 Å². The van der Waals surface area contributed by atoms with Gasteiger partial charge in [-0.05, 0) is 18.2 Å². The average molecular weight is 323 g/mol. The quantitative estimate of drug-likeness (QED) is 0.798. The van der Waals surface area contributed by atoms with Crippen LogP contribution in [0.4, 0.5) is 13.9 Å². The zero-order chi connectivity index (χ0) is 14.8. The normalized spacial score (nSPS) is 10.6. The van der Waals surface area contributed by atoms with E-state index in [2.05, 4.69) is 15.3 Å². The summed E-state index contributed by atoms with van der Waals surface area (Å²) in [5.74, 6) is -2.21. The Hall–Kier alpha value is -2.19. The van der Waals surface area contributed by atoms with Gasteiger partial charge in [0.05, 0.1) is 11.2 Å². The molecule has 2 heterocycles. The van der Waals surface area contributed by atoms with Crippen LogP contribution in [0.3, 0.4) is 0 Å². The highest BCUT2D eigenvalue weighted by Crippen LogP contribution is 2.26. The Bertz CT molecular complexity index is 787. The minimum atomic E-state index is -0.937. The van der Waals surface area contributed by atoms with E-state index in [0.717, 1.165) is 12.1 Å². The molecular formula is C13H7F2N3OS2. The van der Waals surface area contributed by atoms with Crippen molar-refractivity contribution in [2.24, 2.45) is 0 Å². The lowest BCUT2D eigenvalue weighted by molar-refractivity contribution is 0.102. The average Bonchev–Trinajstić information content (AvgIpc) is 3.12. The summed E-state index contributed by atoms with van der Waals surface area (Å²) in [4.78, 5) is 19.9. The van der Waals surface area contributed by atoms with Crippen LogP contribution in [-0.4, -0.2) is 15.9 Å². The first-order valence-electron chi connectivity index (χ1n) is 5.74. The molecule has 0 saturated heterocycles. The van der Waals surface area contributed by atoms with E-state index < -0.39 is 11.6 Å². The van der Waals surface area contributed by atoms with E-state index in [1.165, 1.54) is 28.7 Å². The van der Waals surface area contributed by atoms with Gasteiger partial charge in [0.2, 0.25) is 0 Å². The molecule has 0 atom stereocenters. The largest absolute Gasteiger partial charge is 0.296 e. The fourth-order valence-corrected chi connectivity index (χ4v) is 2.85. The topological polar surface area (TPSA) is 54.9 Å². The lowest BCUT2D eigenvalue weighted by Crippen LogP contribution is -2.11. The Morgan fingerprint density at radius 1 is 1.19 bits per heavy atom. The number of rotatable bonds is 3. The number of thiazole rings is 2. The van der Waals surface area contributed by atoms with E-state index in [9.17, 15) is 13.6 Å². The number of nitrogens with one attached hydrogen (secondary N) is 1. The van der Waals surface area contributed by atoms with Gasteiger partial charge in [-0.25, -0.2) is 18.7 Å². The van der Waals surface area contributed by atoms with Crippen molar-refractivity contribution in [3.63, 3.8) is 0 Å². The number of hydrogen-bond acceptors (Lipinski definition) is 5. The predicted molar refractivity (Wildman–Crippen MR) is 77.5 cm³/mol. The van der Waals surface area contributed by atoms with Crippen molar-refractivity contribution in [2.45, 2.75) is 0 Å². The molecular weight excluding hydrogens is 316 g/mol. The van der Waals surface area contributed by atoms with E-state index in [-0.39, 0.29) is 5.91 Å². The zero-order valence-electron chi connectivity index (χ0n) is 10.3. The van der Waals surface area contributed by atoms with Crippen LogP contribution < -0.4 is 5.32 Å². The molecule has 0 radical (unpaired) electrons. The lowest BCUT2D eigenvalue weighted by atomic mass is 10.2. The summed E-state index contributed by atoms with van der Waals surface area (Å²) in [5.41, 5.74) is 2.78. The first-order chi connectivity index (χ1) is 10.1. The van der Waals surface area contributed by atoms with Crippen LogP contribution in [0.5, 0.6) is 0 Å². The predicted octanol–water partition coefficient (Wildman–Crippen LogP) is 3.80. The molecule has 1 N–H and O–H groups in total. The molecule has 0 unspecified atom stereocenters. The van der Waals surface area contributed by atoms with Crippen molar-refractivity contribution >= 4 is 33.7 Å². The van der Waals surface area contributed by atoms with E-state index in [1.54, 1.807) is 16.3 Å². The number of carbonyl (C=O) groups is 1. The van der Waals surface area contributed by atoms with Crippen molar-refractivity contribution in [2.75, 3.05) is 5.32 Å². The second-order valence-electron chi connectivity index (χ2n) is 3.99. The maximum atomic E-state index is 13.2. The van der Waals surface area contributed by atoms with Gasteiger partial charge < -0.3 is 0 Å². The maximum Gasteiger partial charge on any atom is 0.276 e. The molecule has 0 spiro atoms. The number of amides is 1. The zero-order valence-corrected chi connectivity index (χ0v) is 12.0. The number of aromatic nitrogens is 2. The van der Waals surface area contributed by atoms with Crippen LogP contribution in [0.15, 0.2) is 34.5 Å². The second-order valence-corrected chi connectivity index (χ2v) is 5.57. The van der Waals surface area contributed by atoms with Gasteiger partial charge in [-0.1, -0.05) is 0 Å². The van der Waals surface area contributed by atoms with Crippen molar-refractivity contribution in [3.05, 3.63) is 51.8 Å². The molecule has 3 aromatic rings. The molecule has 1 aromatic carbocycles. The summed E-state index contributed by atoms with van der Waals surface area (Å²) in [6.45, 7) is 0. The molecule has 4 nitrogen and oxygen atoms in total. The Morgan fingerprint density at radius 3 is 2.76 bits per heavy atom. The van der Waals surface area contributed by atoms with E-state index in [0.29, 0.717) is 22.1 Å². The van der Waals surface area contributed by atoms with Crippen LogP contribution in [0, 0.1) is 11.6 Å². The summed E-state index contributed by atoms with van der Waals surface area (Å²) in [6, 6.07) is 3.54. The van der Waals surface area contributed by atoms with Gasteiger partial charge in [-0.15, -0.1) is 22.7 Å². The standard InChI is InChI=1S/C13H7F2N3OS2/c14-8-2-1-7(3-9(8)15)10-5-21-13(17-10)18-12(19)11-4-20-6-16-11/h1-6H,(H,17,18,19). The fraction of sp³-hybridized carbons (Fsp3) is 0. The number of halogens is 2. The highest BCUT2D eigenvalue weighted by atomic mass is 32.1. The molecule has 8 heteroatoms. The SMILES string of the molecule is O=C(Nc1nc(-c2ccc(F)c(F)c2)cs1)c1cscn1. The Labute approximate surface area is 126 Å². The fourth-order valence-electron chi connectivity index (χ4n) is 1.61. The van der Waals surface area contributed by atoms with Gasteiger partial charge in [0.15, 0.2) is 16.8 Å². The highest BCUT2D eigenvalue weighted by Gasteiger charge is 2.12. The second kappa shape index (κ2) is 5.66.